The van der Waals surface area contributed by atoms with Gasteiger partial charge in [-0.1, -0.05) is 11.6 Å². The van der Waals surface area contributed by atoms with Gasteiger partial charge in [0.15, 0.2) is 0 Å². The van der Waals surface area contributed by atoms with Gasteiger partial charge in [0.25, 0.3) is 0 Å². The molecule has 0 saturated carbocycles. The van der Waals surface area contributed by atoms with Crippen LogP contribution in [-0.2, 0) is 0 Å². The van der Waals surface area contributed by atoms with Crippen molar-refractivity contribution in [2.75, 3.05) is 26.3 Å². The summed E-state index contributed by atoms with van der Waals surface area (Å²) in [7, 11) is 0. The van der Waals surface area contributed by atoms with Crippen LogP contribution in [0.15, 0.2) is 24.3 Å². The fourth-order valence-electron chi connectivity index (χ4n) is 1.28. The number of benzene rings is 1. The molecule has 90 valence electrons. The topological polar surface area (TPSA) is 41.5 Å². The van der Waals surface area contributed by atoms with Crippen molar-refractivity contribution in [3.8, 4) is 5.75 Å². The molecule has 4 heteroatoms. The normalized spacial score (nSPS) is 10.4. The second kappa shape index (κ2) is 8.39. The smallest absolute Gasteiger partial charge is 0.119 e. The Bertz CT molecular complexity index is 277. The largest absolute Gasteiger partial charge is 0.494 e. The van der Waals surface area contributed by atoms with Crippen LogP contribution in [0.4, 0.5) is 0 Å². The van der Waals surface area contributed by atoms with Crippen LogP contribution >= 0.6 is 11.6 Å². The maximum Gasteiger partial charge on any atom is 0.119 e. The van der Waals surface area contributed by atoms with Gasteiger partial charge in [0.05, 0.1) is 13.2 Å². The monoisotopic (exact) mass is 243 g/mol. The molecule has 16 heavy (non-hydrogen) atoms. The summed E-state index contributed by atoms with van der Waals surface area (Å²) >= 11 is 5.76. The lowest BCUT2D eigenvalue weighted by atomic mass is 10.3. The van der Waals surface area contributed by atoms with Crippen LogP contribution in [0.25, 0.3) is 0 Å². The van der Waals surface area contributed by atoms with E-state index in [4.69, 9.17) is 21.4 Å². The van der Waals surface area contributed by atoms with E-state index < -0.39 is 0 Å². The first-order chi connectivity index (χ1) is 7.83. The maximum atomic E-state index is 8.54. The molecular weight excluding hydrogens is 226 g/mol. The van der Waals surface area contributed by atoms with Gasteiger partial charge in [-0.3, -0.25) is 0 Å². The van der Waals surface area contributed by atoms with Crippen molar-refractivity contribution in [3.63, 3.8) is 0 Å². The molecule has 1 aromatic rings. The number of rotatable bonds is 8. The molecule has 3 nitrogen and oxygen atoms in total. The summed E-state index contributed by atoms with van der Waals surface area (Å²) in [5.74, 6) is 0.854. The molecule has 0 aliphatic rings. The minimum absolute atomic E-state index is 0.196. The molecule has 0 amide bonds. The molecule has 0 aliphatic carbocycles. The Hall–Kier alpha value is -0.770. The lowest BCUT2D eigenvalue weighted by Crippen LogP contribution is -2.19. The molecule has 0 bridgehead atoms. The molecular formula is C12H18ClNO2. The van der Waals surface area contributed by atoms with Crippen molar-refractivity contribution in [1.82, 2.24) is 5.32 Å². The van der Waals surface area contributed by atoms with Gasteiger partial charge in [-0.05, 0) is 43.7 Å². The molecule has 0 atom stereocenters. The fourth-order valence-corrected chi connectivity index (χ4v) is 1.40. The van der Waals surface area contributed by atoms with Gasteiger partial charge >= 0.3 is 0 Å². The number of ether oxygens (including phenoxy) is 1. The Morgan fingerprint density at radius 1 is 1.12 bits per heavy atom. The van der Waals surface area contributed by atoms with Crippen molar-refractivity contribution in [2.45, 2.75) is 12.8 Å². The van der Waals surface area contributed by atoms with Crippen LogP contribution in [0.1, 0.15) is 12.8 Å². The second-order valence-corrected chi connectivity index (χ2v) is 3.92. The summed E-state index contributed by atoms with van der Waals surface area (Å²) in [6.45, 7) is 2.49. The van der Waals surface area contributed by atoms with Crippen LogP contribution in [0, 0.1) is 0 Å². The first kappa shape index (κ1) is 13.3. The average Bonchev–Trinajstić information content (AvgIpc) is 2.30. The highest BCUT2D eigenvalue weighted by molar-refractivity contribution is 6.30. The predicted octanol–water partition coefficient (Wildman–Crippen LogP) is 2.08. The quantitative estimate of drug-likeness (QED) is 0.687. The summed E-state index contributed by atoms with van der Waals surface area (Å²) in [5.41, 5.74) is 0. The third-order valence-corrected chi connectivity index (χ3v) is 2.37. The standard InChI is InChI=1S/C12H18ClNO2/c13-11-3-5-12(6-4-11)16-10-2-1-7-14-8-9-15/h3-6,14-15H,1-2,7-10H2. The van der Waals surface area contributed by atoms with E-state index in [-0.39, 0.29) is 6.61 Å². The van der Waals surface area contributed by atoms with Crippen molar-refractivity contribution in [2.24, 2.45) is 0 Å². The minimum atomic E-state index is 0.196. The van der Waals surface area contributed by atoms with E-state index in [0.717, 1.165) is 30.2 Å². The van der Waals surface area contributed by atoms with Gasteiger partial charge in [-0.15, -0.1) is 0 Å². The number of unbranched alkanes of at least 4 members (excludes halogenated alkanes) is 1. The molecule has 0 aliphatic heterocycles. The number of nitrogens with one attached hydrogen (secondary N) is 1. The van der Waals surface area contributed by atoms with E-state index in [1.807, 2.05) is 24.3 Å². The van der Waals surface area contributed by atoms with E-state index in [1.54, 1.807) is 0 Å². The van der Waals surface area contributed by atoms with E-state index >= 15 is 0 Å². The highest BCUT2D eigenvalue weighted by Crippen LogP contribution is 2.15. The SMILES string of the molecule is OCCNCCCCOc1ccc(Cl)cc1. The summed E-state index contributed by atoms with van der Waals surface area (Å²) < 4.78 is 5.53. The summed E-state index contributed by atoms with van der Waals surface area (Å²) in [6, 6.07) is 7.37. The molecule has 0 saturated heterocycles. The van der Waals surface area contributed by atoms with Crippen molar-refractivity contribution in [1.29, 1.82) is 0 Å². The van der Waals surface area contributed by atoms with Gasteiger partial charge in [-0.2, -0.15) is 0 Å². The zero-order valence-electron chi connectivity index (χ0n) is 9.29. The Morgan fingerprint density at radius 3 is 2.56 bits per heavy atom. The zero-order valence-corrected chi connectivity index (χ0v) is 10.0. The molecule has 1 rings (SSSR count). The van der Waals surface area contributed by atoms with Gasteiger partial charge in [0.1, 0.15) is 5.75 Å². The van der Waals surface area contributed by atoms with E-state index in [1.165, 1.54) is 0 Å². The molecule has 0 fully saturated rings. The number of hydrogen-bond acceptors (Lipinski definition) is 3. The fraction of sp³-hybridized carbons (Fsp3) is 0.500. The molecule has 2 N–H and O–H groups in total. The first-order valence-electron chi connectivity index (χ1n) is 5.53. The predicted molar refractivity (Wildman–Crippen MR) is 66.1 cm³/mol. The Labute approximate surface area is 101 Å². The minimum Gasteiger partial charge on any atom is -0.494 e. The molecule has 0 aromatic heterocycles. The van der Waals surface area contributed by atoms with Crippen LogP contribution in [-0.4, -0.2) is 31.4 Å². The van der Waals surface area contributed by atoms with Gasteiger partial charge < -0.3 is 15.2 Å². The third kappa shape index (κ3) is 5.95. The Morgan fingerprint density at radius 2 is 1.88 bits per heavy atom. The first-order valence-corrected chi connectivity index (χ1v) is 5.90. The Kier molecular flexibility index (Phi) is 6.97. The molecule has 0 unspecified atom stereocenters. The molecule has 0 spiro atoms. The molecule has 0 radical (unpaired) electrons. The number of halogens is 1. The maximum absolute atomic E-state index is 8.54. The van der Waals surface area contributed by atoms with E-state index in [9.17, 15) is 0 Å². The lowest BCUT2D eigenvalue weighted by Gasteiger charge is -2.06. The van der Waals surface area contributed by atoms with Crippen LogP contribution in [0.2, 0.25) is 5.02 Å². The van der Waals surface area contributed by atoms with Crippen molar-refractivity contribution < 1.29 is 9.84 Å². The van der Waals surface area contributed by atoms with Gasteiger partial charge in [0.2, 0.25) is 0 Å². The number of hydrogen-bond donors (Lipinski definition) is 2. The van der Waals surface area contributed by atoms with Crippen LogP contribution in [0.5, 0.6) is 5.75 Å². The van der Waals surface area contributed by atoms with Crippen LogP contribution in [0.3, 0.4) is 0 Å². The van der Waals surface area contributed by atoms with Crippen molar-refractivity contribution >= 4 is 11.6 Å². The third-order valence-electron chi connectivity index (χ3n) is 2.12. The second-order valence-electron chi connectivity index (χ2n) is 3.48. The van der Waals surface area contributed by atoms with E-state index in [2.05, 4.69) is 5.32 Å². The summed E-state index contributed by atoms with van der Waals surface area (Å²) in [5, 5.41) is 12.4. The lowest BCUT2D eigenvalue weighted by molar-refractivity contribution is 0.286. The Balaban J connectivity index is 2.01. The van der Waals surface area contributed by atoms with Gasteiger partial charge in [0, 0.05) is 11.6 Å². The van der Waals surface area contributed by atoms with Gasteiger partial charge in [-0.25, -0.2) is 0 Å². The van der Waals surface area contributed by atoms with E-state index in [0.29, 0.717) is 13.2 Å². The summed E-state index contributed by atoms with van der Waals surface area (Å²) in [6.07, 6.45) is 2.05. The zero-order chi connectivity index (χ0) is 11.6. The number of aliphatic hydroxyl groups excluding tert-OH is 1. The molecule has 1 aromatic carbocycles. The average molecular weight is 244 g/mol. The molecule has 0 heterocycles. The summed E-state index contributed by atoms with van der Waals surface area (Å²) in [4.78, 5) is 0. The van der Waals surface area contributed by atoms with Crippen LogP contribution < -0.4 is 10.1 Å². The number of aliphatic hydroxyl groups is 1. The van der Waals surface area contributed by atoms with Crippen molar-refractivity contribution in [3.05, 3.63) is 29.3 Å². The highest BCUT2D eigenvalue weighted by Gasteiger charge is 1.94. The highest BCUT2D eigenvalue weighted by atomic mass is 35.5.